The molecule has 1 aromatic heterocycles. The van der Waals surface area contributed by atoms with Crippen molar-refractivity contribution in [3.63, 3.8) is 0 Å². The summed E-state index contributed by atoms with van der Waals surface area (Å²) in [5.74, 6) is 0.143. The highest BCUT2D eigenvalue weighted by Gasteiger charge is 2.23. The van der Waals surface area contributed by atoms with Crippen LogP contribution in [0.25, 0.3) is 22.0 Å². The maximum Gasteiger partial charge on any atom is 0.411 e. The Kier molecular flexibility index (Phi) is 15.9. The van der Waals surface area contributed by atoms with Crippen LogP contribution < -0.4 is 21.5 Å². The fourth-order valence-corrected chi connectivity index (χ4v) is 7.78. The van der Waals surface area contributed by atoms with Gasteiger partial charge >= 0.3 is 6.09 Å². The Hall–Kier alpha value is -5.98. The lowest BCUT2D eigenvalue weighted by atomic mass is 10.0. The average Bonchev–Trinajstić information content (AvgIpc) is 3.24. The topological polar surface area (TPSA) is 156 Å². The molecule has 0 spiro atoms. The number of H-pyrrole nitrogens is 1. The number of hydrogen-bond donors (Lipinski definition) is 5. The van der Waals surface area contributed by atoms with Crippen molar-refractivity contribution in [1.29, 1.82) is 0 Å². The van der Waals surface area contributed by atoms with Gasteiger partial charge in [0.15, 0.2) is 0 Å². The molecule has 3 amide bonds. The van der Waals surface area contributed by atoms with Gasteiger partial charge in [0.2, 0.25) is 17.4 Å². The number of carbonyl (C=O) groups is 3. The number of aromatic nitrogens is 1. The van der Waals surface area contributed by atoms with E-state index in [1.807, 2.05) is 79.8 Å². The Morgan fingerprint density at radius 2 is 1.67 bits per heavy atom. The van der Waals surface area contributed by atoms with Crippen molar-refractivity contribution in [3.05, 3.63) is 130 Å². The molecule has 0 radical (unpaired) electrons. The Bertz CT molecular complexity index is 2250. The number of para-hydroxylation sites is 1. The highest BCUT2D eigenvalue weighted by molar-refractivity contribution is 5.91. The third-order valence-electron chi connectivity index (χ3n) is 11.1. The van der Waals surface area contributed by atoms with E-state index in [1.54, 1.807) is 17.0 Å². The van der Waals surface area contributed by atoms with Gasteiger partial charge in [0.1, 0.15) is 11.9 Å². The molecule has 5 aromatic rings. The molecule has 2 heterocycles. The highest BCUT2D eigenvalue weighted by atomic mass is 16.6. The Morgan fingerprint density at radius 3 is 2.48 bits per heavy atom. The molecule has 0 bridgehead atoms. The zero-order chi connectivity index (χ0) is 42.3. The van der Waals surface area contributed by atoms with Crippen LogP contribution in [0.3, 0.4) is 0 Å². The van der Waals surface area contributed by atoms with Gasteiger partial charge in [-0.25, -0.2) is 4.79 Å². The monoisotopic (exact) mass is 814 g/mol. The summed E-state index contributed by atoms with van der Waals surface area (Å²) in [7, 11) is 1.83. The first-order valence-corrected chi connectivity index (χ1v) is 21.1. The molecule has 0 saturated carbocycles. The van der Waals surface area contributed by atoms with Gasteiger partial charge in [-0.2, -0.15) is 0 Å². The fourth-order valence-electron chi connectivity index (χ4n) is 7.78. The zero-order valence-corrected chi connectivity index (χ0v) is 34.8. The van der Waals surface area contributed by atoms with E-state index in [0.29, 0.717) is 43.7 Å². The zero-order valence-electron chi connectivity index (χ0n) is 34.8. The summed E-state index contributed by atoms with van der Waals surface area (Å²) >= 11 is 0. The number of fused-ring (bicyclic) bond motifs is 1. The summed E-state index contributed by atoms with van der Waals surface area (Å²) in [6.07, 6.45) is 4.70. The minimum Gasteiger partial charge on any atom is -0.506 e. The summed E-state index contributed by atoms with van der Waals surface area (Å²) < 4.78 is 5.77. The lowest BCUT2D eigenvalue weighted by Crippen LogP contribution is -2.40. The van der Waals surface area contributed by atoms with E-state index in [2.05, 4.69) is 44.9 Å². The molecule has 6 rings (SSSR count). The van der Waals surface area contributed by atoms with E-state index in [-0.39, 0.29) is 35.3 Å². The first kappa shape index (κ1) is 43.6. The van der Waals surface area contributed by atoms with Crippen molar-refractivity contribution in [2.75, 3.05) is 51.6 Å². The molecule has 0 aliphatic carbocycles. The van der Waals surface area contributed by atoms with Crippen molar-refractivity contribution in [3.8, 4) is 16.9 Å². The second-order valence-electron chi connectivity index (χ2n) is 15.8. The van der Waals surface area contributed by atoms with E-state index in [4.69, 9.17) is 4.74 Å². The summed E-state index contributed by atoms with van der Waals surface area (Å²) in [6.45, 7) is 6.26. The predicted octanol–water partition coefficient (Wildman–Crippen LogP) is 6.66. The smallest absolute Gasteiger partial charge is 0.411 e. The van der Waals surface area contributed by atoms with Gasteiger partial charge in [-0.05, 0) is 92.4 Å². The molecule has 1 aliphatic rings. The largest absolute Gasteiger partial charge is 0.506 e. The van der Waals surface area contributed by atoms with Crippen LogP contribution >= 0.6 is 0 Å². The number of phenolic OH excluding ortho intramolecular Hbond substituents is 1. The quantitative estimate of drug-likeness (QED) is 0.0580. The number of phenols is 1. The molecule has 4 aromatic carbocycles. The molecule has 12 nitrogen and oxygen atoms in total. The number of benzene rings is 4. The average molecular weight is 815 g/mol. The van der Waals surface area contributed by atoms with Crippen LogP contribution in [0.5, 0.6) is 5.75 Å². The van der Waals surface area contributed by atoms with Gasteiger partial charge in [-0.3, -0.25) is 19.7 Å². The van der Waals surface area contributed by atoms with Gasteiger partial charge in [0, 0.05) is 69.3 Å². The number of likely N-dealkylation sites (tertiary alicyclic amines) is 1. The number of hydrogen-bond acceptors (Lipinski definition) is 8. The number of unbranched alkanes of at least 4 members (excludes halogenated alkanes) is 1. The molecule has 1 fully saturated rings. The van der Waals surface area contributed by atoms with E-state index in [9.17, 15) is 24.3 Å². The van der Waals surface area contributed by atoms with Crippen molar-refractivity contribution in [1.82, 2.24) is 25.4 Å². The molecule has 1 unspecified atom stereocenters. The summed E-state index contributed by atoms with van der Waals surface area (Å²) in [6, 6.07) is 32.7. The minimum absolute atomic E-state index is 0.0200. The SMILES string of the molecule is CC(Cc1cccc(CC(=O)NCCCCN(C)C(=O)CCN2CCC(OC(=O)Nc3ccccc3-c3ccccc3)CC2)c1)NCCc1ccc(O)c2[nH]c(=O)ccc12. The van der Waals surface area contributed by atoms with E-state index in [0.717, 1.165) is 91.4 Å². The first-order valence-electron chi connectivity index (χ1n) is 21.1. The van der Waals surface area contributed by atoms with Crippen molar-refractivity contribution >= 4 is 34.5 Å². The lowest BCUT2D eigenvalue weighted by molar-refractivity contribution is -0.130. The van der Waals surface area contributed by atoms with Gasteiger partial charge in [-0.1, -0.05) is 78.9 Å². The lowest BCUT2D eigenvalue weighted by Gasteiger charge is -2.31. The Balaban J connectivity index is 0.807. The summed E-state index contributed by atoms with van der Waals surface area (Å²) in [5.41, 5.74) is 6.06. The molecule has 1 atom stereocenters. The number of carbonyl (C=O) groups excluding carboxylic acids is 3. The number of aromatic amines is 1. The maximum absolute atomic E-state index is 12.9. The van der Waals surface area contributed by atoms with E-state index in [1.165, 1.54) is 6.07 Å². The number of amides is 3. The molecule has 316 valence electrons. The second kappa shape index (κ2) is 21.9. The second-order valence-corrected chi connectivity index (χ2v) is 15.8. The number of pyridine rings is 1. The highest BCUT2D eigenvalue weighted by Crippen LogP contribution is 2.28. The van der Waals surface area contributed by atoms with Crippen LogP contribution in [0.1, 0.15) is 55.7 Å². The van der Waals surface area contributed by atoms with Gasteiger partial charge in [-0.15, -0.1) is 0 Å². The van der Waals surface area contributed by atoms with Gasteiger partial charge < -0.3 is 35.3 Å². The minimum atomic E-state index is -0.453. The molecule has 1 aliphatic heterocycles. The van der Waals surface area contributed by atoms with E-state index < -0.39 is 6.09 Å². The maximum atomic E-state index is 12.9. The number of anilines is 1. The molecule has 60 heavy (non-hydrogen) atoms. The van der Waals surface area contributed by atoms with Crippen LogP contribution in [0.4, 0.5) is 10.5 Å². The van der Waals surface area contributed by atoms with Crippen LogP contribution in [-0.4, -0.2) is 96.3 Å². The number of piperidine rings is 1. The first-order chi connectivity index (χ1) is 29.1. The van der Waals surface area contributed by atoms with Crippen LogP contribution in [0.2, 0.25) is 0 Å². The van der Waals surface area contributed by atoms with Gasteiger partial charge in [0.05, 0.1) is 17.6 Å². The molecule has 12 heteroatoms. The van der Waals surface area contributed by atoms with Crippen LogP contribution in [0, 0.1) is 0 Å². The van der Waals surface area contributed by atoms with Crippen LogP contribution in [0.15, 0.2) is 108 Å². The molecule has 5 N–H and O–H groups in total. The number of aromatic hydroxyl groups is 1. The van der Waals surface area contributed by atoms with Gasteiger partial charge in [0.25, 0.3) is 0 Å². The Morgan fingerprint density at radius 1 is 0.900 bits per heavy atom. The third kappa shape index (κ3) is 13.0. The normalized spacial score (nSPS) is 13.8. The van der Waals surface area contributed by atoms with Crippen LogP contribution in [-0.2, 0) is 33.6 Å². The summed E-state index contributed by atoms with van der Waals surface area (Å²) in [5, 5.41) is 20.5. The van der Waals surface area contributed by atoms with E-state index >= 15 is 0 Å². The number of nitrogens with one attached hydrogen (secondary N) is 4. The van der Waals surface area contributed by atoms with Crippen molar-refractivity contribution in [2.45, 2.75) is 70.4 Å². The molecular weight excluding hydrogens is 757 g/mol. The number of rotatable bonds is 19. The molecular formula is C48H58N6O6. The van der Waals surface area contributed by atoms with Crippen molar-refractivity contribution in [2.24, 2.45) is 0 Å². The molecule has 1 saturated heterocycles. The summed E-state index contributed by atoms with van der Waals surface area (Å²) in [4.78, 5) is 56.9. The van der Waals surface area contributed by atoms with Crippen molar-refractivity contribution < 1.29 is 24.2 Å². The number of nitrogens with zero attached hydrogens (tertiary/aromatic N) is 2. The number of ether oxygens (including phenoxy) is 1. The third-order valence-corrected chi connectivity index (χ3v) is 11.1. The Labute approximate surface area is 352 Å². The fraction of sp³-hybridized carbons (Fsp3) is 0.375. The predicted molar refractivity (Wildman–Crippen MR) is 237 cm³/mol. The standard InChI is InChI=1S/C48H58N6O6/c1-34(49-26-21-38-17-19-43(55)47-41(38)18-20-44(56)52-47)31-35-11-10-12-36(32-35)33-45(57)50-25-8-9-27-53(2)46(58)24-30-54-28-22-39(23-29-54)60-48(59)51-42-16-7-6-15-40(42)37-13-4-3-5-14-37/h3-7,10-20,32,34,39,49,55H,8-9,21-31,33H2,1-2H3,(H,50,57)(H,51,59)(H,52,56).